The van der Waals surface area contributed by atoms with Crippen LogP contribution in [0.4, 0.5) is 0 Å². The molecule has 1 aromatic carbocycles. The fourth-order valence-corrected chi connectivity index (χ4v) is 2.67. The number of nitrogens with one attached hydrogen (secondary N) is 1. The summed E-state index contributed by atoms with van der Waals surface area (Å²) < 4.78 is 11.0. The molecule has 1 saturated heterocycles. The maximum Gasteiger partial charge on any atom is 0.0655 e. The zero-order valence-corrected chi connectivity index (χ0v) is 11.8. The summed E-state index contributed by atoms with van der Waals surface area (Å²) in [5.74, 6) is 0.616. The molecule has 2 rings (SSSR count). The predicted octanol–water partition coefficient (Wildman–Crippen LogP) is 2.26. The molecule has 0 aromatic heterocycles. The van der Waals surface area contributed by atoms with E-state index in [4.69, 9.17) is 9.47 Å². The van der Waals surface area contributed by atoms with Gasteiger partial charge in [-0.1, -0.05) is 30.3 Å². The van der Waals surface area contributed by atoms with Gasteiger partial charge in [-0.2, -0.15) is 0 Å². The number of methoxy groups -OCH3 is 1. The first kappa shape index (κ1) is 14.5. The van der Waals surface area contributed by atoms with E-state index in [1.807, 2.05) is 0 Å². The van der Waals surface area contributed by atoms with Crippen LogP contribution < -0.4 is 5.32 Å². The van der Waals surface area contributed by atoms with E-state index in [0.717, 1.165) is 32.7 Å². The Morgan fingerprint density at radius 1 is 1.32 bits per heavy atom. The van der Waals surface area contributed by atoms with Gasteiger partial charge >= 0.3 is 0 Å². The van der Waals surface area contributed by atoms with E-state index in [9.17, 15) is 0 Å². The summed E-state index contributed by atoms with van der Waals surface area (Å²) in [6, 6.07) is 10.6. The van der Waals surface area contributed by atoms with Gasteiger partial charge in [0.1, 0.15) is 0 Å². The molecular formula is C16H25NO2. The van der Waals surface area contributed by atoms with Crippen LogP contribution in [-0.4, -0.2) is 39.5 Å². The number of hydrogen-bond acceptors (Lipinski definition) is 3. The van der Waals surface area contributed by atoms with Crippen LogP contribution in [0.1, 0.15) is 18.4 Å². The van der Waals surface area contributed by atoms with Crippen molar-refractivity contribution in [1.29, 1.82) is 0 Å². The molecule has 0 spiro atoms. The van der Waals surface area contributed by atoms with Gasteiger partial charge < -0.3 is 14.8 Å². The molecule has 2 atom stereocenters. The molecule has 1 aliphatic rings. The summed E-state index contributed by atoms with van der Waals surface area (Å²) >= 11 is 0. The summed E-state index contributed by atoms with van der Waals surface area (Å²) in [6.45, 7) is 3.63. The lowest BCUT2D eigenvalue weighted by atomic mass is 9.90. The Hall–Kier alpha value is -0.900. The van der Waals surface area contributed by atoms with Crippen molar-refractivity contribution >= 4 is 0 Å². The second-order valence-electron chi connectivity index (χ2n) is 5.20. The van der Waals surface area contributed by atoms with E-state index in [-0.39, 0.29) is 0 Å². The molecule has 0 amide bonds. The van der Waals surface area contributed by atoms with E-state index in [0.29, 0.717) is 12.0 Å². The summed E-state index contributed by atoms with van der Waals surface area (Å²) in [4.78, 5) is 0. The molecule has 1 N–H and O–H groups in total. The molecule has 3 heteroatoms. The van der Waals surface area contributed by atoms with Gasteiger partial charge in [-0.05, 0) is 30.7 Å². The summed E-state index contributed by atoms with van der Waals surface area (Å²) in [5.41, 5.74) is 1.37. The monoisotopic (exact) mass is 263 g/mol. The van der Waals surface area contributed by atoms with E-state index in [1.54, 1.807) is 7.11 Å². The third-order valence-electron chi connectivity index (χ3n) is 3.75. The van der Waals surface area contributed by atoms with Crippen LogP contribution in [0.15, 0.2) is 30.3 Å². The van der Waals surface area contributed by atoms with Crippen molar-refractivity contribution in [2.45, 2.75) is 25.4 Å². The highest BCUT2D eigenvalue weighted by atomic mass is 16.5. The Morgan fingerprint density at radius 3 is 2.95 bits per heavy atom. The molecule has 0 aliphatic carbocycles. The van der Waals surface area contributed by atoms with Gasteiger partial charge in [-0.15, -0.1) is 0 Å². The Morgan fingerprint density at radius 2 is 2.16 bits per heavy atom. The van der Waals surface area contributed by atoms with Crippen molar-refractivity contribution < 1.29 is 9.47 Å². The number of hydrogen-bond donors (Lipinski definition) is 1. The van der Waals surface area contributed by atoms with Crippen LogP contribution in [0.5, 0.6) is 0 Å². The molecule has 1 aromatic rings. The maximum absolute atomic E-state index is 5.98. The fraction of sp³-hybridized carbons (Fsp3) is 0.625. The minimum Gasteiger partial charge on any atom is -0.383 e. The topological polar surface area (TPSA) is 30.5 Å². The fourth-order valence-electron chi connectivity index (χ4n) is 2.67. The van der Waals surface area contributed by atoms with Gasteiger partial charge in [-0.25, -0.2) is 0 Å². The molecule has 1 heterocycles. The second-order valence-corrected chi connectivity index (χ2v) is 5.20. The van der Waals surface area contributed by atoms with Gasteiger partial charge in [0.05, 0.1) is 12.7 Å². The standard InChI is InChI=1S/C16H25NO2/c1-18-11-9-17-13-15-8-5-10-19-16(15)12-14-6-3-2-4-7-14/h2-4,6-7,15-17H,5,8-13H2,1H3. The zero-order chi connectivity index (χ0) is 13.3. The first-order chi connectivity index (χ1) is 9.40. The van der Waals surface area contributed by atoms with Gasteiger partial charge in [0.2, 0.25) is 0 Å². The van der Waals surface area contributed by atoms with Gasteiger partial charge in [0.25, 0.3) is 0 Å². The van der Waals surface area contributed by atoms with Crippen LogP contribution >= 0.6 is 0 Å². The highest BCUT2D eigenvalue weighted by molar-refractivity contribution is 5.15. The molecular weight excluding hydrogens is 238 g/mol. The van der Waals surface area contributed by atoms with E-state index in [1.165, 1.54) is 18.4 Å². The third-order valence-corrected chi connectivity index (χ3v) is 3.75. The highest BCUT2D eigenvalue weighted by Gasteiger charge is 2.25. The van der Waals surface area contributed by atoms with Crippen molar-refractivity contribution in [3.63, 3.8) is 0 Å². The van der Waals surface area contributed by atoms with E-state index < -0.39 is 0 Å². The van der Waals surface area contributed by atoms with Gasteiger partial charge in [0.15, 0.2) is 0 Å². The number of ether oxygens (including phenoxy) is 2. The highest BCUT2D eigenvalue weighted by Crippen LogP contribution is 2.23. The Balaban J connectivity index is 1.82. The maximum atomic E-state index is 5.98. The van der Waals surface area contributed by atoms with Crippen molar-refractivity contribution in [3.05, 3.63) is 35.9 Å². The van der Waals surface area contributed by atoms with Crippen molar-refractivity contribution in [2.24, 2.45) is 5.92 Å². The molecule has 0 bridgehead atoms. The summed E-state index contributed by atoms with van der Waals surface area (Å²) in [7, 11) is 1.74. The molecule has 106 valence electrons. The van der Waals surface area contributed by atoms with Crippen LogP contribution in [-0.2, 0) is 15.9 Å². The van der Waals surface area contributed by atoms with Crippen LogP contribution in [0.3, 0.4) is 0 Å². The quantitative estimate of drug-likeness (QED) is 0.765. The van der Waals surface area contributed by atoms with Crippen LogP contribution in [0.2, 0.25) is 0 Å². The lowest BCUT2D eigenvalue weighted by Crippen LogP contribution is -2.38. The Kier molecular flexibility index (Phi) is 6.34. The molecule has 0 saturated carbocycles. The van der Waals surface area contributed by atoms with Gasteiger partial charge in [0, 0.05) is 26.8 Å². The number of rotatable bonds is 7. The molecule has 2 unspecified atom stereocenters. The molecule has 1 aliphatic heterocycles. The molecule has 3 nitrogen and oxygen atoms in total. The van der Waals surface area contributed by atoms with E-state index >= 15 is 0 Å². The van der Waals surface area contributed by atoms with Crippen LogP contribution in [0.25, 0.3) is 0 Å². The molecule has 19 heavy (non-hydrogen) atoms. The minimum absolute atomic E-state index is 0.353. The average Bonchev–Trinajstić information content (AvgIpc) is 2.46. The van der Waals surface area contributed by atoms with Crippen molar-refractivity contribution in [2.75, 3.05) is 33.4 Å². The smallest absolute Gasteiger partial charge is 0.0655 e. The Bertz CT molecular complexity index is 342. The third kappa shape index (κ3) is 4.94. The second kappa shape index (κ2) is 8.31. The lowest BCUT2D eigenvalue weighted by molar-refractivity contribution is -0.0252. The Labute approximate surface area is 116 Å². The lowest BCUT2D eigenvalue weighted by Gasteiger charge is -2.32. The normalized spacial score (nSPS) is 23.4. The van der Waals surface area contributed by atoms with Gasteiger partial charge in [-0.3, -0.25) is 0 Å². The number of benzene rings is 1. The zero-order valence-electron chi connectivity index (χ0n) is 11.8. The first-order valence-corrected chi connectivity index (χ1v) is 7.25. The SMILES string of the molecule is COCCNCC1CCCOC1Cc1ccccc1. The van der Waals surface area contributed by atoms with Crippen molar-refractivity contribution in [1.82, 2.24) is 5.32 Å². The largest absolute Gasteiger partial charge is 0.383 e. The summed E-state index contributed by atoms with van der Waals surface area (Å²) in [5, 5.41) is 3.47. The predicted molar refractivity (Wildman–Crippen MR) is 77.4 cm³/mol. The molecule has 1 fully saturated rings. The van der Waals surface area contributed by atoms with Crippen molar-refractivity contribution in [3.8, 4) is 0 Å². The van der Waals surface area contributed by atoms with Crippen LogP contribution in [0, 0.1) is 5.92 Å². The minimum atomic E-state index is 0.353. The average molecular weight is 263 g/mol. The first-order valence-electron chi connectivity index (χ1n) is 7.25. The molecule has 0 radical (unpaired) electrons. The summed E-state index contributed by atoms with van der Waals surface area (Å²) in [6.07, 6.45) is 3.82. The van der Waals surface area contributed by atoms with E-state index in [2.05, 4.69) is 35.6 Å².